The molecule has 0 heterocycles. The quantitative estimate of drug-likeness (QED) is 0.673. The third-order valence-electron chi connectivity index (χ3n) is 2.33. The van der Waals surface area contributed by atoms with Gasteiger partial charge in [0.05, 0.1) is 12.5 Å². The SMILES string of the molecule is CCN(CC)C(CCC#N)CC(=O)O. The fraction of sp³-hybridized carbons (Fsp3) is 0.800. The van der Waals surface area contributed by atoms with Gasteiger partial charge in [-0.25, -0.2) is 0 Å². The minimum atomic E-state index is -0.792. The van der Waals surface area contributed by atoms with Gasteiger partial charge in [-0.15, -0.1) is 0 Å². The molecule has 0 aromatic heterocycles. The van der Waals surface area contributed by atoms with E-state index >= 15 is 0 Å². The normalized spacial score (nSPS) is 12.4. The number of aliphatic carboxylic acids is 1. The smallest absolute Gasteiger partial charge is 0.304 e. The molecular formula is C10H18N2O2. The Morgan fingerprint density at radius 2 is 2.07 bits per heavy atom. The zero-order valence-electron chi connectivity index (χ0n) is 8.86. The lowest BCUT2D eigenvalue weighted by Crippen LogP contribution is -2.36. The second-order valence-corrected chi connectivity index (χ2v) is 3.17. The standard InChI is InChI=1S/C10H18N2O2/c1-3-12(4-2)9(6-5-7-11)8-10(13)14/h9H,3-6,8H2,1-2H3,(H,13,14). The summed E-state index contributed by atoms with van der Waals surface area (Å²) >= 11 is 0. The summed E-state index contributed by atoms with van der Waals surface area (Å²) in [7, 11) is 0. The highest BCUT2D eigenvalue weighted by atomic mass is 16.4. The lowest BCUT2D eigenvalue weighted by molar-refractivity contribution is -0.138. The maximum absolute atomic E-state index is 10.6. The van der Waals surface area contributed by atoms with E-state index in [1.54, 1.807) is 0 Å². The minimum absolute atomic E-state index is 0.00199. The summed E-state index contributed by atoms with van der Waals surface area (Å²) in [6.45, 7) is 5.68. The van der Waals surface area contributed by atoms with Crippen LogP contribution in [0, 0.1) is 11.3 Å². The summed E-state index contributed by atoms with van der Waals surface area (Å²) in [6.07, 6.45) is 1.20. The number of carboxylic acids is 1. The van der Waals surface area contributed by atoms with E-state index in [1.165, 1.54) is 0 Å². The first-order chi connectivity index (χ1) is 6.65. The number of carbonyl (C=O) groups is 1. The zero-order valence-corrected chi connectivity index (χ0v) is 8.86. The van der Waals surface area contributed by atoms with E-state index in [9.17, 15) is 4.79 Å². The number of hydrogen-bond acceptors (Lipinski definition) is 3. The first-order valence-corrected chi connectivity index (χ1v) is 4.98. The van der Waals surface area contributed by atoms with Gasteiger partial charge in [0, 0.05) is 12.5 Å². The first kappa shape index (κ1) is 12.9. The van der Waals surface area contributed by atoms with Crippen LogP contribution >= 0.6 is 0 Å². The number of hydrogen-bond donors (Lipinski definition) is 1. The molecule has 0 rings (SSSR count). The van der Waals surface area contributed by atoms with Crippen molar-refractivity contribution in [3.05, 3.63) is 0 Å². The van der Waals surface area contributed by atoms with Crippen molar-refractivity contribution in [2.45, 2.75) is 39.2 Å². The number of rotatable bonds is 7. The Hall–Kier alpha value is -1.08. The Morgan fingerprint density at radius 1 is 1.50 bits per heavy atom. The van der Waals surface area contributed by atoms with Crippen molar-refractivity contribution in [3.8, 4) is 6.07 Å². The molecular weight excluding hydrogens is 180 g/mol. The molecule has 1 unspecified atom stereocenters. The molecule has 0 saturated carbocycles. The van der Waals surface area contributed by atoms with Gasteiger partial charge in [0.15, 0.2) is 0 Å². The Balaban J connectivity index is 4.21. The van der Waals surface area contributed by atoms with E-state index in [0.29, 0.717) is 12.8 Å². The first-order valence-electron chi connectivity index (χ1n) is 4.98. The lowest BCUT2D eigenvalue weighted by atomic mass is 10.1. The highest BCUT2D eigenvalue weighted by Crippen LogP contribution is 2.10. The maximum atomic E-state index is 10.6. The molecule has 0 aliphatic heterocycles. The molecule has 0 aromatic carbocycles. The average molecular weight is 198 g/mol. The fourth-order valence-corrected chi connectivity index (χ4v) is 1.59. The summed E-state index contributed by atoms with van der Waals surface area (Å²) < 4.78 is 0. The van der Waals surface area contributed by atoms with Crippen LogP contribution in [0.15, 0.2) is 0 Å². The topological polar surface area (TPSA) is 64.3 Å². The molecule has 4 nitrogen and oxygen atoms in total. The monoisotopic (exact) mass is 198 g/mol. The van der Waals surface area contributed by atoms with E-state index in [-0.39, 0.29) is 12.5 Å². The third-order valence-corrected chi connectivity index (χ3v) is 2.33. The van der Waals surface area contributed by atoms with Crippen LogP contribution < -0.4 is 0 Å². The van der Waals surface area contributed by atoms with Crippen LogP contribution in [0.25, 0.3) is 0 Å². The van der Waals surface area contributed by atoms with Crippen molar-refractivity contribution >= 4 is 5.97 Å². The van der Waals surface area contributed by atoms with Crippen molar-refractivity contribution in [1.82, 2.24) is 4.90 Å². The van der Waals surface area contributed by atoms with E-state index in [2.05, 4.69) is 11.0 Å². The van der Waals surface area contributed by atoms with Gasteiger partial charge in [-0.05, 0) is 19.5 Å². The highest BCUT2D eigenvalue weighted by Gasteiger charge is 2.18. The van der Waals surface area contributed by atoms with Gasteiger partial charge in [-0.1, -0.05) is 13.8 Å². The molecule has 0 aliphatic rings. The summed E-state index contributed by atoms with van der Waals surface area (Å²) in [5, 5.41) is 17.2. The second-order valence-electron chi connectivity index (χ2n) is 3.17. The minimum Gasteiger partial charge on any atom is -0.481 e. The van der Waals surface area contributed by atoms with E-state index < -0.39 is 5.97 Å². The van der Waals surface area contributed by atoms with E-state index in [0.717, 1.165) is 13.1 Å². The predicted molar refractivity (Wildman–Crippen MR) is 53.8 cm³/mol. The van der Waals surface area contributed by atoms with Gasteiger partial charge < -0.3 is 10.0 Å². The maximum Gasteiger partial charge on any atom is 0.304 e. The molecule has 0 spiro atoms. The van der Waals surface area contributed by atoms with Crippen molar-refractivity contribution in [3.63, 3.8) is 0 Å². The lowest BCUT2D eigenvalue weighted by Gasteiger charge is -2.27. The average Bonchev–Trinajstić information content (AvgIpc) is 2.15. The van der Waals surface area contributed by atoms with Gasteiger partial charge in [0.1, 0.15) is 0 Å². The molecule has 0 radical (unpaired) electrons. The van der Waals surface area contributed by atoms with E-state index in [4.69, 9.17) is 10.4 Å². The Bertz CT molecular complexity index is 207. The van der Waals surface area contributed by atoms with Gasteiger partial charge in [-0.2, -0.15) is 5.26 Å². The number of nitriles is 1. The summed E-state index contributed by atoms with van der Waals surface area (Å²) in [6, 6.07) is 2.06. The molecule has 1 atom stereocenters. The van der Waals surface area contributed by atoms with Crippen LogP contribution in [-0.2, 0) is 4.79 Å². The molecule has 0 aromatic rings. The molecule has 0 aliphatic carbocycles. The van der Waals surface area contributed by atoms with Crippen molar-refractivity contribution in [2.24, 2.45) is 0 Å². The Kier molecular flexibility index (Phi) is 6.77. The molecule has 0 fully saturated rings. The zero-order chi connectivity index (χ0) is 11.0. The van der Waals surface area contributed by atoms with Gasteiger partial charge in [0.25, 0.3) is 0 Å². The third kappa shape index (κ3) is 4.83. The van der Waals surface area contributed by atoms with Crippen LogP contribution in [0.2, 0.25) is 0 Å². The molecule has 0 bridgehead atoms. The van der Waals surface area contributed by atoms with E-state index in [1.807, 2.05) is 13.8 Å². The predicted octanol–water partition coefficient (Wildman–Crippen LogP) is 1.48. The molecule has 0 amide bonds. The molecule has 14 heavy (non-hydrogen) atoms. The van der Waals surface area contributed by atoms with Crippen molar-refractivity contribution in [2.75, 3.05) is 13.1 Å². The van der Waals surface area contributed by atoms with Crippen LogP contribution in [0.5, 0.6) is 0 Å². The van der Waals surface area contributed by atoms with Crippen LogP contribution in [0.4, 0.5) is 0 Å². The van der Waals surface area contributed by atoms with Crippen LogP contribution in [0.3, 0.4) is 0 Å². The van der Waals surface area contributed by atoms with Gasteiger partial charge in [-0.3, -0.25) is 4.79 Å². The van der Waals surface area contributed by atoms with Crippen LogP contribution in [0.1, 0.15) is 33.1 Å². The summed E-state index contributed by atoms with van der Waals surface area (Å²) in [4.78, 5) is 12.7. The number of nitrogens with zero attached hydrogens (tertiary/aromatic N) is 2. The molecule has 0 saturated heterocycles. The molecule has 1 N–H and O–H groups in total. The number of carboxylic acid groups (broad SMARTS) is 1. The largest absolute Gasteiger partial charge is 0.481 e. The summed E-state index contributed by atoms with van der Waals surface area (Å²) in [5.74, 6) is -0.792. The Labute approximate surface area is 85.1 Å². The summed E-state index contributed by atoms with van der Waals surface area (Å²) in [5.41, 5.74) is 0. The Morgan fingerprint density at radius 3 is 2.43 bits per heavy atom. The van der Waals surface area contributed by atoms with Gasteiger partial charge in [0.2, 0.25) is 0 Å². The molecule has 4 heteroatoms. The molecule has 80 valence electrons. The van der Waals surface area contributed by atoms with Crippen molar-refractivity contribution < 1.29 is 9.90 Å². The fourth-order valence-electron chi connectivity index (χ4n) is 1.59. The second kappa shape index (κ2) is 7.34. The van der Waals surface area contributed by atoms with Crippen molar-refractivity contribution in [1.29, 1.82) is 5.26 Å². The van der Waals surface area contributed by atoms with Crippen LogP contribution in [-0.4, -0.2) is 35.1 Å². The van der Waals surface area contributed by atoms with Gasteiger partial charge >= 0.3 is 5.97 Å². The highest BCUT2D eigenvalue weighted by molar-refractivity contribution is 5.67.